The molecular weight excluding hydrogens is 307 g/mol. The zero-order chi connectivity index (χ0) is 16.9. The van der Waals surface area contributed by atoms with Gasteiger partial charge < -0.3 is 10.6 Å². The molecule has 0 bridgehead atoms. The summed E-state index contributed by atoms with van der Waals surface area (Å²) in [6.07, 6.45) is 1.49. The molecule has 24 heavy (non-hydrogen) atoms. The summed E-state index contributed by atoms with van der Waals surface area (Å²) >= 11 is 0. The molecule has 0 radical (unpaired) electrons. The van der Waals surface area contributed by atoms with Gasteiger partial charge in [-0.1, -0.05) is 23.8 Å². The fourth-order valence-electron chi connectivity index (χ4n) is 2.07. The average Bonchev–Trinajstić information content (AvgIpc) is 2.57. The van der Waals surface area contributed by atoms with E-state index in [1.54, 1.807) is 6.07 Å². The molecule has 0 aliphatic rings. The fourth-order valence-corrected chi connectivity index (χ4v) is 2.07. The lowest BCUT2D eigenvalue weighted by atomic mass is 10.2. The predicted octanol–water partition coefficient (Wildman–Crippen LogP) is 3.92. The molecule has 2 N–H and O–H groups in total. The number of halogens is 1. The predicted molar refractivity (Wildman–Crippen MR) is 90.8 cm³/mol. The molecule has 5 nitrogen and oxygen atoms in total. The molecule has 6 heteroatoms. The standard InChI is InChI=1S/C18H15FN4O/c1-12-5-7-14(8-6-12)22-18-20-10-9-16(23-18)17(24)21-15-4-2-3-13(19)11-15/h2-11H,1H3,(H,21,24)(H,20,22,23). The van der Waals surface area contributed by atoms with E-state index in [1.165, 1.54) is 30.5 Å². The quantitative estimate of drug-likeness (QED) is 0.764. The molecule has 0 saturated carbocycles. The molecule has 0 saturated heterocycles. The van der Waals surface area contributed by atoms with Crippen LogP contribution in [0.3, 0.4) is 0 Å². The number of rotatable bonds is 4. The van der Waals surface area contributed by atoms with Gasteiger partial charge in [-0.05, 0) is 43.3 Å². The van der Waals surface area contributed by atoms with Crippen molar-refractivity contribution in [3.8, 4) is 0 Å². The molecule has 0 fully saturated rings. The highest BCUT2D eigenvalue weighted by Crippen LogP contribution is 2.15. The van der Waals surface area contributed by atoms with E-state index in [-0.39, 0.29) is 5.69 Å². The Kier molecular flexibility index (Phi) is 4.47. The van der Waals surface area contributed by atoms with Gasteiger partial charge in [0.15, 0.2) is 0 Å². The topological polar surface area (TPSA) is 66.9 Å². The molecule has 3 rings (SSSR count). The Balaban J connectivity index is 1.74. The Bertz CT molecular complexity index is 865. The van der Waals surface area contributed by atoms with Crippen molar-refractivity contribution in [2.45, 2.75) is 6.92 Å². The van der Waals surface area contributed by atoms with Crippen LogP contribution in [0.15, 0.2) is 60.8 Å². The molecule has 0 spiro atoms. The van der Waals surface area contributed by atoms with Crippen LogP contribution in [0.25, 0.3) is 0 Å². The largest absolute Gasteiger partial charge is 0.324 e. The van der Waals surface area contributed by atoms with Gasteiger partial charge in [0.2, 0.25) is 5.95 Å². The van der Waals surface area contributed by atoms with Gasteiger partial charge >= 0.3 is 0 Å². The van der Waals surface area contributed by atoms with Crippen molar-refractivity contribution in [3.63, 3.8) is 0 Å². The van der Waals surface area contributed by atoms with Crippen LogP contribution in [0, 0.1) is 12.7 Å². The van der Waals surface area contributed by atoms with Crippen molar-refractivity contribution >= 4 is 23.2 Å². The van der Waals surface area contributed by atoms with Crippen molar-refractivity contribution < 1.29 is 9.18 Å². The third-order valence-electron chi connectivity index (χ3n) is 3.28. The van der Waals surface area contributed by atoms with Crippen LogP contribution < -0.4 is 10.6 Å². The molecule has 1 aromatic heterocycles. The summed E-state index contributed by atoms with van der Waals surface area (Å²) in [5, 5.41) is 5.64. The van der Waals surface area contributed by atoms with Crippen molar-refractivity contribution in [1.29, 1.82) is 0 Å². The van der Waals surface area contributed by atoms with Gasteiger partial charge in [-0.2, -0.15) is 0 Å². The Hall–Kier alpha value is -3.28. The molecule has 0 aliphatic heterocycles. The molecule has 120 valence electrons. The van der Waals surface area contributed by atoms with Gasteiger partial charge in [0.25, 0.3) is 5.91 Å². The van der Waals surface area contributed by atoms with E-state index in [2.05, 4.69) is 20.6 Å². The summed E-state index contributed by atoms with van der Waals surface area (Å²) in [4.78, 5) is 20.5. The Morgan fingerprint density at radius 3 is 2.58 bits per heavy atom. The molecule has 1 amide bonds. The molecule has 0 atom stereocenters. The van der Waals surface area contributed by atoms with Crippen molar-refractivity contribution in [2.24, 2.45) is 0 Å². The van der Waals surface area contributed by atoms with Crippen molar-refractivity contribution in [3.05, 3.63) is 77.9 Å². The first-order chi connectivity index (χ1) is 11.6. The summed E-state index contributed by atoms with van der Waals surface area (Å²) in [6, 6.07) is 14.9. The lowest BCUT2D eigenvalue weighted by molar-refractivity contribution is 0.102. The van der Waals surface area contributed by atoms with E-state index in [1.807, 2.05) is 31.2 Å². The second kappa shape index (κ2) is 6.87. The minimum Gasteiger partial charge on any atom is -0.324 e. The molecule has 1 heterocycles. The van der Waals surface area contributed by atoms with Gasteiger partial charge in [0, 0.05) is 17.6 Å². The number of aryl methyl sites for hydroxylation is 1. The summed E-state index contributed by atoms with van der Waals surface area (Å²) < 4.78 is 13.2. The monoisotopic (exact) mass is 322 g/mol. The Morgan fingerprint density at radius 1 is 1.04 bits per heavy atom. The van der Waals surface area contributed by atoms with Gasteiger partial charge in [-0.15, -0.1) is 0 Å². The maximum atomic E-state index is 13.2. The Labute approximate surface area is 138 Å². The average molecular weight is 322 g/mol. The number of carbonyl (C=O) groups is 1. The smallest absolute Gasteiger partial charge is 0.274 e. The number of nitrogens with one attached hydrogen (secondary N) is 2. The maximum absolute atomic E-state index is 13.2. The van der Waals surface area contributed by atoms with Gasteiger partial charge in [-0.3, -0.25) is 4.79 Å². The zero-order valence-electron chi connectivity index (χ0n) is 13.0. The zero-order valence-corrected chi connectivity index (χ0v) is 13.0. The van der Waals surface area contributed by atoms with E-state index in [0.717, 1.165) is 11.3 Å². The van der Waals surface area contributed by atoms with E-state index in [0.29, 0.717) is 11.6 Å². The number of anilines is 3. The number of nitrogens with zero attached hydrogens (tertiary/aromatic N) is 2. The fraction of sp³-hybridized carbons (Fsp3) is 0.0556. The first-order valence-corrected chi connectivity index (χ1v) is 7.34. The summed E-state index contributed by atoms with van der Waals surface area (Å²) in [7, 11) is 0. The third-order valence-corrected chi connectivity index (χ3v) is 3.28. The van der Waals surface area contributed by atoms with E-state index < -0.39 is 11.7 Å². The highest BCUT2D eigenvalue weighted by Gasteiger charge is 2.10. The molecule has 0 unspecified atom stereocenters. The van der Waals surface area contributed by atoms with Crippen LogP contribution in [0.1, 0.15) is 16.1 Å². The normalized spacial score (nSPS) is 10.2. The number of amides is 1. The van der Waals surface area contributed by atoms with Crippen LogP contribution in [-0.2, 0) is 0 Å². The highest BCUT2D eigenvalue weighted by molar-refractivity contribution is 6.02. The highest BCUT2D eigenvalue weighted by atomic mass is 19.1. The number of aromatic nitrogens is 2. The summed E-state index contributed by atoms with van der Waals surface area (Å²) in [6.45, 7) is 2.00. The second-order valence-electron chi connectivity index (χ2n) is 5.22. The molecule has 2 aromatic carbocycles. The minimum atomic E-state index is -0.435. The van der Waals surface area contributed by atoms with Crippen LogP contribution in [-0.4, -0.2) is 15.9 Å². The van der Waals surface area contributed by atoms with E-state index in [4.69, 9.17) is 0 Å². The summed E-state index contributed by atoms with van der Waals surface area (Å²) in [5.74, 6) is -0.544. The minimum absolute atomic E-state index is 0.184. The second-order valence-corrected chi connectivity index (χ2v) is 5.22. The molecular formula is C18H15FN4O. The number of benzene rings is 2. The number of carbonyl (C=O) groups excluding carboxylic acids is 1. The number of hydrogen-bond acceptors (Lipinski definition) is 4. The van der Waals surface area contributed by atoms with Gasteiger partial charge in [-0.25, -0.2) is 14.4 Å². The van der Waals surface area contributed by atoms with Crippen molar-refractivity contribution in [1.82, 2.24) is 9.97 Å². The number of hydrogen-bond donors (Lipinski definition) is 2. The molecule has 0 aliphatic carbocycles. The first-order valence-electron chi connectivity index (χ1n) is 7.34. The Morgan fingerprint density at radius 2 is 1.83 bits per heavy atom. The third kappa shape index (κ3) is 3.92. The van der Waals surface area contributed by atoms with Crippen LogP contribution >= 0.6 is 0 Å². The lowest BCUT2D eigenvalue weighted by Gasteiger charge is -2.08. The van der Waals surface area contributed by atoms with Crippen LogP contribution in [0.5, 0.6) is 0 Å². The van der Waals surface area contributed by atoms with E-state index >= 15 is 0 Å². The summed E-state index contributed by atoms with van der Waals surface area (Å²) in [5.41, 5.74) is 2.52. The first kappa shape index (κ1) is 15.6. The van der Waals surface area contributed by atoms with Crippen LogP contribution in [0.4, 0.5) is 21.7 Å². The lowest BCUT2D eigenvalue weighted by Crippen LogP contribution is -2.14. The molecule has 3 aromatic rings. The van der Waals surface area contributed by atoms with Crippen molar-refractivity contribution in [2.75, 3.05) is 10.6 Å². The maximum Gasteiger partial charge on any atom is 0.274 e. The van der Waals surface area contributed by atoms with Gasteiger partial charge in [0.1, 0.15) is 11.5 Å². The van der Waals surface area contributed by atoms with Crippen LogP contribution in [0.2, 0.25) is 0 Å². The van der Waals surface area contributed by atoms with E-state index in [9.17, 15) is 9.18 Å². The SMILES string of the molecule is Cc1ccc(Nc2nccc(C(=O)Nc3cccc(F)c3)n2)cc1. The van der Waals surface area contributed by atoms with Gasteiger partial charge in [0.05, 0.1) is 0 Å².